The first-order valence-electron chi connectivity index (χ1n) is 4.69. The molecule has 0 bridgehead atoms. The number of amides is 1. The molecule has 0 unspecified atom stereocenters. The largest absolute Gasteiger partial charge is 0.380 e. The van der Waals surface area contributed by atoms with Crippen LogP contribution in [-0.4, -0.2) is 50.8 Å². The highest BCUT2D eigenvalue weighted by atomic mass is 16.5. The summed E-state index contributed by atoms with van der Waals surface area (Å²) >= 11 is 0. The lowest BCUT2D eigenvalue weighted by Crippen LogP contribution is -2.38. The lowest BCUT2D eigenvalue weighted by molar-refractivity contribution is -0.136. The van der Waals surface area contributed by atoms with E-state index in [-0.39, 0.29) is 12.5 Å². The molecule has 1 rings (SSSR count). The van der Waals surface area contributed by atoms with Crippen LogP contribution in [0.15, 0.2) is 0 Å². The Bertz CT molecular complexity index is 153. The van der Waals surface area contributed by atoms with Crippen molar-refractivity contribution in [1.29, 1.82) is 0 Å². The number of methoxy groups -OCH3 is 1. The summed E-state index contributed by atoms with van der Waals surface area (Å²) in [5.41, 5.74) is 0. The third-order valence-corrected chi connectivity index (χ3v) is 2.09. The van der Waals surface area contributed by atoms with Crippen LogP contribution in [-0.2, 0) is 14.3 Å². The van der Waals surface area contributed by atoms with Crippen molar-refractivity contribution < 1.29 is 14.3 Å². The van der Waals surface area contributed by atoms with Crippen molar-refractivity contribution in [3.8, 4) is 0 Å². The quantitative estimate of drug-likeness (QED) is 0.623. The van der Waals surface area contributed by atoms with Gasteiger partial charge in [0.2, 0.25) is 5.91 Å². The highest BCUT2D eigenvalue weighted by molar-refractivity contribution is 5.77. The van der Waals surface area contributed by atoms with Gasteiger partial charge in [-0.3, -0.25) is 4.79 Å². The summed E-state index contributed by atoms with van der Waals surface area (Å²) < 4.78 is 10.1. The van der Waals surface area contributed by atoms with E-state index < -0.39 is 0 Å². The van der Waals surface area contributed by atoms with E-state index in [2.05, 4.69) is 0 Å². The van der Waals surface area contributed by atoms with E-state index in [1.807, 2.05) is 4.90 Å². The van der Waals surface area contributed by atoms with Gasteiger partial charge in [0.25, 0.3) is 0 Å². The Balaban J connectivity index is 2.32. The Morgan fingerprint density at radius 2 is 2.23 bits per heavy atom. The Hall–Kier alpha value is -0.610. The molecule has 1 heterocycles. The molecule has 0 spiro atoms. The van der Waals surface area contributed by atoms with Gasteiger partial charge in [-0.1, -0.05) is 0 Å². The van der Waals surface area contributed by atoms with Crippen LogP contribution in [0.25, 0.3) is 0 Å². The zero-order valence-electron chi connectivity index (χ0n) is 8.12. The third kappa shape index (κ3) is 3.74. The van der Waals surface area contributed by atoms with Gasteiger partial charge in [-0.25, -0.2) is 0 Å². The van der Waals surface area contributed by atoms with Crippen LogP contribution in [0.3, 0.4) is 0 Å². The molecular formula is C9H17NO3. The predicted octanol–water partition coefficient (Wildman–Crippen LogP) is 0.272. The molecule has 4 heteroatoms. The molecule has 0 aromatic carbocycles. The molecule has 1 saturated heterocycles. The molecule has 0 aromatic heterocycles. The average Bonchev–Trinajstić information content (AvgIpc) is 2.03. The van der Waals surface area contributed by atoms with Crippen LogP contribution < -0.4 is 0 Å². The van der Waals surface area contributed by atoms with E-state index in [1.54, 1.807) is 7.11 Å². The maximum Gasteiger partial charge on any atom is 0.248 e. The van der Waals surface area contributed by atoms with Crippen molar-refractivity contribution in [2.75, 3.05) is 40.0 Å². The van der Waals surface area contributed by atoms with Crippen LogP contribution in [0.4, 0.5) is 0 Å². The van der Waals surface area contributed by atoms with Gasteiger partial charge in [0.15, 0.2) is 0 Å². The molecule has 0 radical (unpaired) electrons. The fraction of sp³-hybridized carbons (Fsp3) is 0.889. The zero-order valence-corrected chi connectivity index (χ0v) is 8.12. The molecule has 1 aliphatic heterocycles. The van der Waals surface area contributed by atoms with Gasteiger partial charge < -0.3 is 14.4 Å². The lowest BCUT2D eigenvalue weighted by Gasteiger charge is -2.24. The lowest BCUT2D eigenvalue weighted by atomic mass is 10.3. The molecule has 0 saturated carbocycles. The summed E-state index contributed by atoms with van der Waals surface area (Å²) in [5.74, 6) is 0.0630. The van der Waals surface area contributed by atoms with Gasteiger partial charge >= 0.3 is 0 Å². The molecule has 1 fully saturated rings. The zero-order chi connectivity index (χ0) is 9.52. The van der Waals surface area contributed by atoms with Crippen LogP contribution in [0.2, 0.25) is 0 Å². The summed E-state index contributed by atoms with van der Waals surface area (Å²) in [5, 5.41) is 0. The minimum Gasteiger partial charge on any atom is -0.380 e. The first kappa shape index (κ1) is 10.5. The van der Waals surface area contributed by atoms with E-state index in [9.17, 15) is 4.79 Å². The molecule has 76 valence electrons. The molecule has 1 aliphatic rings. The topological polar surface area (TPSA) is 38.8 Å². The molecule has 4 nitrogen and oxygen atoms in total. The van der Waals surface area contributed by atoms with Gasteiger partial charge in [0.05, 0.1) is 6.61 Å². The number of hydrogen-bond donors (Lipinski definition) is 0. The fourth-order valence-electron chi connectivity index (χ4n) is 1.36. The maximum absolute atomic E-state index is 11.4. The molecular weight excluding hydrogens is 170 g/mol. The summed E-state index contributed by atoms with van der Waals surface area (Å²) in [7, 11) is 1.54. The number of carbonyl (C=O) groups is 1. The van der Waals surface area contributed by atoms with Crippen LogP contribution in [0, 0.1) is 0 Å². The summed E-state index contributed by atoms with van der Waals surface area (Å²) in [6.07, 6.45) is 2.06. The second-order valence-corrected chi connectivity index (χ2v) is 3.13. The van der Waals surface area contributed by atoms with Gasteiger partial charge in [-0.15, -0.1) is 0 Å². The van der Waals surface area contributed by atoms with Crippen LogP contribution in [0.1, 0.15) is 12.8 Å². The van der Waals surface area contributed by atoms with Crippen molar-refractivity contribution in [2.24, 2.45) is 0 Å². The highest BCUT2D eigenvalue weighted by Gasteiger charge is 2.13. The number of nitrogens with zero attached hydrogens (tertiary/aromatic N) is 1. The minimum absolute atomic E-state index is 0.0630. The highest BCUT2D eigenvalue weighted by Crippen LogP contribution is 2.01. The summed E-state index contributed by atoms with van der Waals surface area (Å²) in [6.45, 7) is 3.19. The van der Waals surface area contributed by atoms with Crippen molar-refractivity contribution in [2.45, 2.75) is 12.8 Å². The SMILES string of the molecule is COCC(=O)N1CCCCOCC1. The van der Waals surface area contributed by atoms with E-state index in [1.165, 1.54) is 0 Å². The second kappa shape index (κ2) is 5.94. The first-order valence-corrected chi connectivity index (χ1v) is 4.69. The minimum atomic E-state index is 0.0630. The van der Waals surface area contributed by atoms with Crippen molar-refractivity contribution >= 4 is 5.91 Å². The molecule has 0 atom stereocenters. The predicted molar refractivity (Wildman–Crippen MR) is 48.5 cm³/mol. The van der Waals surface area contributed by atoms with Crippen LogP contribution >= 0.6 is 0 Å². The average molecular weight is 187 g/mol. The molecule has 0 N–H and O–H groups in total. The first-order chi connectivity index (χ1) is 6.34. The van der Waals surface area contributed by atoms with E-state index >= 15 is 0 Å². The summed E-state index contributed by atoms with van der Waals surface area (Å²) in [6, 6.07) is 0. The summed E-state index contributed by atoms with van der Waals surface area (Å²) in [4.78, 5) is 13.2. The third-order valence-electron chi connectivity index (χ3n) is 2.09. The Labute approximate surface area is 78.8 Å². The second-order valence-electron chi connectivity index (χ2n) is 3.13. The normalized spacial score (nSPS) is 19.3. The number of ether oxygens (including phenoxy) is 2. The molecule has 13 heavy (non-hydrogen) atoms. The van der Waals surface area contributed by atoms with Crippen LogP contribution in [0.5, 0.6) is 0 Å². The van der Waals surface area contributed by atoms with E-state index in [4.69, 9.17) is 9.47 Å². The van der Waals surface area contributed by atoms with Gasteiger partial charge in [0.1, 0.15) is 6.61 Å². The molecule has 1 amide bonds. The number of carbonyl (C=O) groups excluding carboxylic acids is 1. The van der Waals surface area contributed by atoms with E-state index in [0.717, 1.165) is 26.0 Å². The van der Waals surface area contributed by atoms with Gasteiger partial charge in [-0.2, -0.15) is 0 Å². The number of rotatable bonds is 2. The monoisotopic (exact) mass is 187 g/mol. The smallest absolute Gasteiger partial charge is 0.248 e. The maximum atomic E-state index is 11.4. The van der Waals surface area contributed by atoms with Gasteiger partial charge in [0, 0.05) is 26.8 Å². The Morgan fingerprint density at radius 1 is 1.38 bits per heavy atom. The van der Waals surface area contributed by atoms with Crippen molar-refractivity contribution in [3.05, 3.63) is 0 Å². The number of hydrogen-bond acceptors (Lipinski definition) is 3. The van der Waals surface area contributed by atoms with E-state index in [0.29, 0.717) is 13.2 Å². The fourth-order valence-corrected chi connectivity index (χ4v) is 1.36. The Kier molecular flexibility index (Phi) is 4.78. The Morgan fingerprint density at radius 3 is 3.00 bits per heavy atom. The molecule has 0 aliphatic carbocycles. The molecule has 0 aromatic rings. The van der Waals surface area contributed by atoms with Crippen molar-refractivity contribution in [1.82, 2.24) is 4.90 Å². The standard InChI is InChI=1S/C9H17NO3/c1-12-8-9(11)10-4-2-3-6-13-7-5-10/h2-8H2,1H3. The van der Waals surface area contributed by atoms with Crippen molar-refractivity contribution in [3.63, 3.8) is 0 Å². The van der Waals surface area contributed by atoms with Gasteiger partial charge in [-0.05, 0) is 12.8 Å².